The summed E-state index contributed by atoms with van der Waals surface area (Å²) in [5.74, 6) is -0.163. The molecule has 2 aromatic heterocycles. The zero-order chi connectivity index (χ0) is 15.9. The molecule has 0 fully saturated rings. The second kappa shape index (κ2) is 5.49. The standard InChI is InChI=1S/C15H12BrFN4O/c1-8-5-21(15-13(8)14(18)19-7-20-15)6-12(22)10-3-2-9(17)4-11(10)16/h2-5,7H,6H2,1H3,(H2,18,19,20). The van der Waals surface area contributed by atoms with Crippen LogP contribution >= 0.6 is 15.9 Å². The normalized spacial score (nSPS) is 11.0. The molecule has 3 aromatic rings. The first-order valence-electron chi connectivity index (χ1n) is 6.51. The van der Waals surface area contributed by atoms with Crippen LogP contribution in [0.4, 0.5) is 10.2 Å². The van der Waals surface area contributed by atoms with Crippen molar-refractivity contribution in [3.63, 3.8) is 0 Å². The van der Waals surface area contributed by atoms with E-state index in [4.69, 9.17) is 5.73 Å². The summed E-state index contributed by atoms with van der Waals surface area (Å²) in [4.78, 5) is 20.6. The molecule has 2 heterocycles. The van der Waals surface area contributed by atoms with Gasteiger partial charge in [-0.05, 0) is 46.6 Å². The molecule has 0 spiro atoms. The lowest BCUT2D eigenvalue weighted by Crippen LogP contribution is -2.11. The van der Waals surface area contributed by atoms with Crippen LogP contribution in [-0.2, 0) is 6.54 Å². The number of carbonyl (C=O) groups excluding carboxylic acids is 1. The van der Waals surface area contributed by atoms with E-state index in [-0.39, 0.29) is 12.3 Å². The maximum absolute atomic E-state index is 13.1. The molecule has 0 radical (unpaired) electrons. The molecular formula is C15H12BrFN4O. The van der Waals surface area contributed by atoms with Crippen LogP contribution in [0.15, 0.2) is 35.2 Å². The molecule has 0 saturated carbocycles. The predicted octanol–water partition coefficient (Wildman–Crippen LogP) is 3.11. The van der Waals surface area contributed by atoms with Crippen molar-refractivity contribution >= 4 is 38.6 Å². The third-order valence-electron chi connectivity index (χ3n) is 3.42. The molecule has 3 rings (SSSR count). The van der Waals surface area contributed by atoms with Crippen LogP contribution in [0.25, 0.3) is 11.0 Å². The molecule has 5 nitrogen and oxygen atoms in total. The molecule has 0 aliphatic carbocycles. The molecule has 0 saturated heterocycles. The minimum atomic E-state index is -0.397. The van der Waals surface area contributed by atoms with Crippen LogP contribution in [0.1, 0.15) is 15.9 Å². The maximum Gasteiger partial charge on any atom is 0.183 e. The SMILES string of the molecule is Cc1cn(CC(=O)c2ccc(F)cc2Br)c2ncnc(N)c12. The Bertz CT molecular complexity index is 891. The number of carbonyl (C=O) groups is 1. The van der Waals surface area contributed by atoms with Gasteiger partial charge in [-0.1, -0.05) is 0 Å². The summed E-state index contributed by atoms with van der Waals surface area (Å²) in [6, 6.07) is 3.99. The van der Waals surface area contributed by atoms with Gasteiger partial charge in [-0.2, -0.15) is 0 Å². The average Bonchev–Trinajstić information content (AvgIpc) is 2.76. The number of anilines is 1. The number of hydrogen-bond donors (Lipinski definition) is 1. The molecule has 22 heavy (non-hydrogen) atoms. The number of fused-ring (bicyclic) bond motifs is 1. The lowest BCUT2D eigenvalue weighted by Gasteiger charge is -2.06. The molecule has 0 unspecified atom stereocenters. The van der Waals surface area contributed by atoms with E-state index in [1.807, 2.05) is 13.1 Å². The smallest absolute Gasteiger partial charge is 0.183 e. The topological polar surface area (TPSA) is 73.8 Å². The fourth-order valence-electron chi connectivity index (χ4n) is 2.42. The van der Waals surface area contributed by atoms with Crippen LogP contribution in [0.5, 0.6) is 0 Å². The van der Waals surface area contributed by atoms with Crippen molar-refractivity contribution in [2.45, 2.75) is 13.5 Å². The lowest BCUT2D eigenvalue weighted by molar-refractivity contribution is 0.0972. The summed E-state index contributed by atoms with van der Waals surface area (Å²) in [5.41, 5.74) is 7.78. The van der Waals surface area contributed by atoms with Gasteiger partial charge in [0.2, 0.25) is 0 Å². The van der Waals surface area contributed by atoms with Gasteiger partial charge in [-0.25, -0.2) is 14.4 Å². The van der Waals surface area contributed by atoms with E-state index in [1.54, 1.807) is 4.57 Å². The molecule has 0 aliphatic rings. The van der Waals surface area contributed by atoms with Crippen LogP contribution < -0.4 is 5.73 Å². The lowest BCUT2D eigenvalue weighted by atomic mass is 10.1. The van der Waals surface area contributed by atoms with Gasteiger partial charge in [0.05, 0.1) is 11.9 Å². The van der Waals surface area contributed by atoms with Gasteiger partial charge in [0.1, 0.15) is 23.6 Å². The van der Waals surface area contributed by atoms with Crippen LogP contribution in [-0.4, -0.2) is 20.3 Å². The molecule has 1 aromatic carbocycles. The minimum absolute atomic E-state index is 0.0883. The van der Waals surface area contributed by atoms with Crippen molar-refractivity contribution in [1.82, 2.24) is 14.5 Å². The zero-order valence-corrected chi connectivity index (χ0v) is 13.3. The Labute approximate surface area is 134 Å². The van der Waals surface area contributed by atoms with Crippen molar-refractivity contribution in [3.8, 4) is 0 Å². The van der Waals surface area contributed by atoms with Crippen molar-refractivity contribution in [1.29, 1.82) is 0 Å². The van der Waals surface area contributed by atoms with E-state index in [2.05, 4.69) is 25.9 Å². The first-order chi connectivity index (χ1) is 10.5. The zero-order valence-electron chi connectivity index (χ0n) is 11.7. The third-order valence-corrected chi connectivity index (χ3v) is 4.07. The average molecular weight is 363 g/mol. The van der Waals surface area contributed by atoms with E-state index in [1.165, 1.54) is 24.5 Å². The molecule has 0 bridgehead atoms. The highest BCUT2D eigenvalue weighted by molar-refractivity contribution is 9.10. The number of halogens is 2. The summed E-state index contributed by atoms with van der Waals surface area (Å²) in [7, 11) is 0. The molecular weight excluding hydrogens is 351 g/mol. The quantitative estimate of drug-likeness (QED) is 0.726. The summed E-state index contributed by atoms with van der Waals surface area (Å²) < 4.78 is 15.3. The van der Waals surface area contributed by atoms with Gasteiger partial charge < -0.3 is 10.3 Å². The number of Topliss-reactive ketones (excluding diaryl/α,β-unsaturated/α-hetero) is 1. The van der Waals surface area contributed by atoms with E-state index >= 15 is 0 Å². The summed E-state index contributed by atoms with van der Waals surface area (Å²) >= 11 is 3.21. The molecule has 0 aliphatic heterocycles. The largest absolute Gasteiger partial charge is 0.383 e. The first-order valence-corrected chi connectivity index (χ1v) is 7.31. The first kappa shape index (κ1) is 14.6. The Morgan fingerprint density at radius 2 is 2.18 bits per heavy atom. The van der Waals surface area contributed by atoms with E-state index < -0.39 is 5.82 Å². The van der Waals surface area contributed by atoms with Crippen molar-refractivity contribution < 1.29 is 9.18 Å². The minimum Gasteiger partial charge on any atom is -0.383 e. The molecule has 2 N–H and O–H groups in total. The van der Waals surface area contributed by atoms with Crippen molar-refractivity contribution in [2.75, 3.05) is 5.73 Å². The number of benzene rings is 1. The van der Waals surface area contributed by atoms with E-state index in [0.717, 1.165) is 10.9 Å². The molecule has 0 amide bonds. The van der Waals surface area contributed by atoms with Gasteiger partial charge >= 0.3 is 0 Å². The second-order valence-electron chi connectivity index (χ2n) is 4.94. The number of nitrogens with zero attached hydrogens (tertiary/aromatic N) is 3. The Balaban J connectivity index is 2.00. The van der Waals surface area contributed by atoms with Gasteiger partial charge in [-0.3, -0.25) is 4.79 Å². The highest BCUT2D eigenvalue weighted by Gasteiger charge is 2.16. The highest BCUT2D eigenvalue weighted by atomic mass is 79.9. The summed E-state index contributed by atoms with van der Waals surface area (Å²) in [6.45, 7) is 1.97. The third kappa shape index (κ3) is 2.48. The molecule has 112 valence electrons. The van der Waals surface area contributed by atoms with Gasteiger partial charge in [-0.15, -0.1) is 0 Å². The monoisotopic (exact) mass is 362 g/mol. The Morgan fingerprint density at radius 1 is 1.41 bits per heavy atom. The van der Waals surface area contributed by atoms with Crippen LogP contribution in [0, 0.1) is 12.7 Å². The second-order valence-corrected chi connectivity index (χ2v) is 5.80. The Kier molecular flexibility index (Phi) is 3.66. The number of nitrogens with two attached hydrogens (primary N) is 1. The summed E-state index contributed by atoms with van der Waals surface area (Å²) in [6.07, 6.45) is 3.18. The van der Waals surface area contributed by atoms with Gasteiger partial charge in [0, 0.05) is 16.2 Å². The number of aryl methyl sites for hydroxylation is 1. The number of rotatable bonds is 3. The number of ketones is 1. The maximum atomic E-state index is 13.1. The molecule has 0 atom stereocenters. The Morgan fingerprint density at radius 3 is 2.91 bits per heavy atom. The number of hydrogen-bond acceptors (Lipinski definition) is 4. The fraction of sp³-hybridized carbons (Fsp3) is 0.133. The predicted molar refractivity (Wildman–Crippen MR) is 85.1 cm³/mol. The number of aromatic nitrogens is 3. The van der Waals surface area contributed by atoms with Gasteiger partial charge in [0.15, 0.2) is 5.78 Å². The van der Waals surface area contributed by atoms with Crippen LogP contribution in [0.3, 0.4) is 0 Å². The van der Waals surface area contributed by atoms with Crippen molar-refractivity contribution in [3.05, 3.63) is 52.1 Å². The highest BCUT2D eigenvalue weighted by Crippen LogP contribution is 2.24. The number of nitrogen functional groups attached to an aromatic ring is 1. The van der Waals surface area contributed by atoms with E-state index in [9.17, 15) is 9.18 Å². The van der Waals surface area contributed by atoms with E-state index in [0.29, 0.717) is 21.5 Å². The van der Waals surface area contributed by atoms with Crippen molar-refractivity contribution in [2.24, 2.45) is 0 Å². The fourth-order valence-corrected chi connectivity index (χ4v) is 2.99. The van der Waals surface area contributed by atoms with Gasteiger partial charge in [0.25, 0.3) is 0 Å². The molecule has 7 heteroatoms. The van der Waals surface area contributed by atoms with Crippen LogP contribution in [0.2, 0.25) is 0 Å². The summed E-state index contributed by atoms with van der Waals surface area (Å²) in [5, 5.41) is 0.744. The Hall–Kier alpha value is -2.28.